The predicted octanol–water partition coefficient (Wildman–Crippen LogP) is 2.00. The van der Waals surface area contributed by atoms with Crippen molar-refractivity contribution in [3.63, 3.8) is 0 Å². The molecule has 0 spiro atoms. The highest BCUT2D eigenvalue weighted by Gasteiger charge is 2.31. The van der Waals surface area contributed by atoms with E-state index in [2.05, 4.69) is 4.74 Å². The fourth-order valence-electron chi connectivity index (χ4n) is 1.52. The molecule has 0 saturated carbocycles. The van der Waals surface area contributed by atoms with Gasteiger partial charge in [0.2, 0.25) is 0 Å². The van der Waals surface area contributed by atoms with Crippen LogP contribution in [0.5, 0.6) is 0 Å². The highest BCUT2D eigenvalue weighted by molar-refractivity contribution is 6.61. The predicted molar refractivity (Wildman–Crippen MR) is 64.7 cm³/mol. The lowest BCUT2D eigenvalue weighted by Gasteiger charge is -2.35. The van der Waals surface area contributed by atoms with Gasteiger partial charge in [0, 0.05) is 18.1 Å². The van der Waals surface area contributed by atoms with E-state index in [0.717, 1.165) is 0 Å². The van der Waals surface area contributed by atoms with E-state index >= 15 is 0 Å². The first-order valence-corrected chi connectivity index (χ1v) is 6.07. The van der Waals surface area contributed by atoms with Crippen LogP contribution in [0.25, 0.3) is 0 Å². The molecular weight excluding hydrogens is 262 g/mol. The molecule has 1 rings (SSSR count). The van der Waals surface area contributed by atoms with Crippen LogP contribution in [0.1, 0.15) is 20.8 Å². The first-order chi connectivity index (χ1) is 8.29. The number of nitrogens with zero attached hydrogens (tertiary/aromatic N) is 1. The molecule has 1 fully saturated rings. The number of hydrogen-bond acceptors (Lipinski definition) is 5. The number of ether oxygens (including phenoxy) is 3. The Bertz CT molecular complexity index is 315. The summed E-state index contributed by atoms with van der Waals surface area (Å²) in [5.41, 5.74) is -1.46. The molecule has 0 bridgehead atoms. The van der Waals surface area contributed by atoms with Gasteiger partial charge in [0.1, 0.15) is 12.2 Å². The molecule has 18 heavy (non-hydrogen) atoms. The fourth-order valence-corrected chi connectivity index (χ4v) is 1.58. The highest BCUT2D eigenvalue weighted by atomic mass is 35.5. The lowest BCUT2D eigenvalue weighted by Crippen LogP contribution is -2.52. The summed E-state index contributed by atoms with van der Waals surface area (Å²) in [6, 6.07) is -0.365. The monoisotopic (exact) mass is 279 g/mol. The number of rotatable bonds is 2. The zero-order chi connectivity index (χ0) is 13.8. The van der Waals surface area contributed by atoms with Gasteiger partial charge in [-0.05, 0) is 20.8 Å². The quantitative estimate of drug-likeness (QED) is 0.723. The maximum Gasteiger partial charge on any atom is 0.410 e. The van der Waals surface area contributed by atoms with Crippen molar-refractivity contribution in [2.75, 3.05) is 26.4 Å². The molecule has 7 heteroatoms. The van der Waals surface area contributed by atoms with E-state index in [-0.39, 0.29) is 12.6 Å². The van der Waals surface area contributed by atoms with Crippen LogP contribution in [-0.4, -0.2) is 54.4 Å². The molecule has 0 aromatic heterocycles. The van der Waals surface area contributed by atoms with Crippen molar-refractivity contribution < 1.29 is 23.8 Å². The number of carbonyl (C=O) groups excluding carboxylic acids is 2. The third kappa shape index (κ3) is 5.10. The summed E-state index contributed by atoms with van der Waals surface area (Å²) in [5.74, 6) is 0. The molecule has 6 nitrogen and oxygen atoms in total. The summed E-state index contributed by atoms with van der Waals surface area (Å²) >= 11 is 5.09. The van der Waals surface area contributed by atoms with Crippen molar-refractivity contribution in [3.8, 4) is 0 Å². The SMILES string of the molecule is CC(C)(C)OC(=O)N1CCOC[C@@H]1COC(=O)Cl. The molecule has 0 aliphatic carbocycles. The minimum absolute atomic E-state index is 0.00156. The van der Waals surface area contributed by atoms with Crippen LogP contribution < -0.4 is 0 Å². The van der Waals surface area contributed by atoms with Crippen LogP contribution >= 0.6 is 11.6 Å². The number of amides is 1. The Labute approximate surface area is 111 Å². The number of halogens is 1. The second-order valence-corrected chi connectivity index (χ2v) is 5.26. The number of carbonyl (C=O) groups is 2. The Kier molecular flexibility index (Phi) is 5.22. The third-order valence-electron chi connectivity index (χ3n) is 2.24. The normalized spacial score (nSPS) is 20.4. The summed E-state index contributed by atoms with van der Waals surface area (Å²) in [7, 11) is 0. The summed E-state index contributed by atoms with van der Waals surface area (Å²) in [4.78, 5) is 24.0. The molecule has 0 aromatic carbocycles. The van der Waals surface area contributed by atoms with Gasteiger partial charge in [-0.1, -0.05) is 0 Å². The lowest BCUT2D eigenvalue weighted by atomic mass is 10.2. The van der Waals surface area contributed by atoms with Gasteiger partial charge in [0.15, 0.2) is 0 Å². The van der Waals surface area contributed by atoms with E-state index in [1.54, 1.807) is 20.8 Å². The van der Waals surface area contributed by atoms with Crippen LogP contribution in [0.2, 0.25) is 0 Å². The second-order valence-electron chi connectivity index (χ2n) is 4.95. The first-order valence-electron chi connectivity index (χ1n) is 5.69. The van der Waals surface area contributed by atoms with Gasteiger partial charge in [-0.2, -0.15) is 0 Å². The topological polar surface area (TPSA) is 65.1 Å². The van der Waals surface area contributed by atoms with E-state index < -0.39 is 17.1 Å². The lowest BCUT2D eigenvalue weighted by molar-refractivity contribution is -0.0447. The van der Waals surface area contributed by atoms with Crippen LogP contribution in [0, 0.1) is 0 Å². The van der Waals surface area contributed by atoms with Crippen molar-refractivity contribution in [2.45, 2.75) is 32.4 Å². The second kappa shape index (κ2) is 6.24. The van der Waals surface area contributed by atoms with Gasteiger partial charge >= 0.3 is 11.5 Å². The standard InChI is InChI=1S/C11H18ClNO5/c1-11(2,3)18-10(15)13-4-5-16-6-8(13)7-17-9(12)14/h8H,4-7H2,1-3H3/t8-/m1/s1. The minimum atomic E-state index is -0.898. The smallest absolute Gasteiger partial charge is 0.410 e. The molecular formula is C11H18ClNO5. The van der Waals surface area contributed by atoms with E-state index in [9.17, 15) is 9.59 Å². The van der Waals surface area contributed by atoms with Crippen molar-refractivity contribution in [1.82, 2.24) is 4.90 Å². The molecule has 0 N–H and O–H groups in total. The third-order valence-corrected chi connectivity index (χ3v) is 2.35. The van der Waals surface area contributed by atoms with Crippen LogP contribution in [0.15, 0.2) is 0 Å². The average Bonchev–Trinajstić information content (AvgIpc) is 2.24. The van der Waals surface area contributed by atoms with Crippen LogP contribution in [-0.2, 0) is 14.2 Å². The van der Waals surface area contributed by atoms with Gasteiger partial charge in [0.25, 0.3) is 0 Å². The molecule has 104 valence electrons. The molecule has 1 amide bonds. The maximum atomic E-state index is 11.9. The van der Waals surface area contributed by atoms with E-state index in [1.807, 2.05) is 0 Å². The summed E-state index contributed by atoms with van der Waals surface area (Å²) in [5, 5.41) is 0. The Morgan fingerprint density at radius 3 is 2.67 bits per heavy atom. The molecule has 1 atom stereocenters. The summed E-state index contributed by atoms with van der Waals surface area (Å²) in [6.45, 7) is 6.51. The Morgan fingerprint density at radius 2 is 2.11 bits per heavy atom. The summed E-state index contributed by atoms with van der Waals surface area (Å²) < 4.78 is 15.2. The number of hydrogen-bond donors (Lipinski definition) is 0. The van der Waals surface area contributed by atoms with Gasteiger partial charge in [-0.25, -0.2) is 9.59 Å². The highest BCUT2D eigenvalue weighted by Crippen LogP contribution is 2.15. The van der Waals surface area contributed by atoms with E-state index in [0.29, 0.717) is 19.8 Å². The Hall–Kier alpha value is -1.01. The number of morpholine rings is 1. The largest absolute Gasteiger partial charge is 0.451 e. The molecule has 1 saturated heterocycles. The van der Waals surface area contributed by atoms with E-state index in [4.69, 9.17) is 21.1 Å². The molecule has 0 radical (unpaired) electrons. The van der Waals surface area contributed by atoms with Gasteiger partial charge in [0.05, 0.1) is 19.3 Å². The van der Waals surface area contributed by atoms with Crippen molar-refractivity contribution in [1.29, 1.82) is 0 Å². The van der Waals surface area contributed by atoms with Crippen molar-refractivity contribution >= 4 is 23.1 Å². The van der Waals surface area contributed by atoms with Crippen molar-refractivity contribution in [2.24, 2.45) is 0 Å². The van der Waals surface area contributed by atoms with Crippen molar-refractivity contribution in [3.05, 3.63) is 0 Å². The van der Waals surface area contributed by atoms with Gasteiger partial charge < -0.3 is 14.2 Å². The summed E-state index contributed by atoms with van der Waals surface area (Å²) in [6.07, 6.45) is -0.443. The minimum Gasteiger partial charge on any atom is -0.451 e. The molecule has 1 heterocycles. The Balaban J connectivity index is 2.58. The fraction of sp³-hybridized carbons (Fsp3) is 0.818. The zero-order valence-corrected chi connectivity index (χ0v) is 11.5. The zero-order valence-electron chi connectivity index (χ0n) is 10.8. The van der Waals surface area contributed by atoms with Crippen LogP contribution in [0.4, 0.5) is 9.59 Å². The molecule has 1 aliphatic heterocycles. The molecule has 1 aliphatic rings. The average molecular weight is 280 g/mol. The molecule has 0 unspecified atom stereocenters. The van der Waals surface area contributed by atoms with Crippen LogP contribution in [0.3, 0.4) is 0 Å². The van der Waals surface area contributed by atoms with Gasteiger partial charge in [-0.15, -0.1) is 0 Å². The molecule has 0 aromatic rings. The van der Waals surface area contributed by atoms with Gasteiger partial charge in [-0.3, -0.25) is 4.90 Å². The Morgan fingerprint density at radius 1 is 1.44 bits per heavy atom. The first kappa shape index (κ1) is 15.0. The van der Waals surface area contributed by atoms with E-state index in [1.165, 1.54) is 4.90 Å². The maximum absolute atomic E-state index is 11.9.